The zero-order valence-electron chi connectivity index (χ0n) is 16.0. The quantitative estimate of drug-likeness (QED) is 0.458. The molecule has 0 atom stereocenters. The van der Waals surface area contributed by atoms with Crippen molar-refractivity contribution in [1.29, 1.82) is 0 Å². The summed E-state index contributed by atoms with van der Waals surface area (Å²) in [5, 5.41) is 14.0. The minimum atomic E-state index is -0.297. The molecule has 0 saturated heterocycles. The number of amides is 2. The topological polar surface area (TPSA) is 97.1 Å². The highest BCUT2D eigenvalue weighted by molar-refractivity contribution is 8.01. The van der Waals surface area contributed by atoms with Crippen LogP contribution in [0.25, 0.3) is 0 Å². The Kier molecular flexibility index (Phi) is 6.15. The Morgan fingerprint density at radius 3 is 2.64 bits per heavy atom. The largest absolute Gasteiger partial charge is 0.466 e. The van der Waals surface area contributed by atoms with Crippen LogP contribution < -0.4 is 10.6 Å². The average Bonchev–Trinajstić information content (AvgIpc) is 3.22. The van der Waals surface area contributed by atoms with Crippen molar-refractivity contribution in [3.05, 3.63) is 52.5 Å². The summed E-state index contributed by atoms with van der Waals surface area (Å²) in [5.74, 6) is 1.01. The predicted octanol–water partition coefficient (Wildman–Crippen LogP) is 4.35. The lowest BCUT2D eigenvalue weighted by Gasteiger charge is -2.09. The van der Waals surface area contributed by atoms with E-state index in [4.69, 9.17) is 4.42 Å². The molecular formula is C19H20N4O3S2. The second-order valence-electron chi connectivity index (χ2n) is 6.24. The number of benzene rings is 1. The molecule has 28 heavy (non-hydrogen) atoms. The van der Waals surface area contributed by atoms with Gasteiger partial charge in [0.05, 0.1) is 11.3 Å². The lowest BCUT2D eigenvalue weighted by molar-refractivity contribution is -0.113. The van der Waals surface area contributed by atoms with E-state index in [1.165, 1.54) is 23.1 Å². The lowest BCUT2D eigenvalue weighted by atomic mass is 10.1. The van der Waals surface area contributed by atoms with Crippen LogP contribution in [0.4, 0.5) is 10.8 Å². The highest BCUT2D eigenvalue weighted by atomic mass is 32.2. The van der Waals surface area contributed by atoms with Gasteiger partial charge in [-0.1, -0.05) is 35.2 Å². The SMILES string of the molecule is Cc1cc(C(=O)Nc2nnc(SCC(=O)Nc3cccc(C)c3C)s2)c(C)o1. The van der Waals surface area contributed by atoms with E-state index in [0.717, 1.165) is 16.8 Å². The summed E-state index contributed by atoms with van der Waals surface area (Å²) < 4.78 is 5.97. The van der Waals surface area contributed by atoms with E-state index in [-0.39, 0.29) is 17.6 Å². The van der Waals surface area contributed by atoms with Crippen molar-refractivity contribution >= 4 is 45.7 Å². The molecule has 0 radical (unpaired) electrons. The van der Waals surface area contributed by atoms with Crippen LogP contribution in [0.1, 0.15) is 33.0 Å². The van der Waals surface area contributed by atoms with E-state index in [1.807, 2.05) is 32.0 Å². The first kappa shape index (κ1) is 20.1. The normalized spacial score (nSPS) is 10.7. The molecule has 3 rings (SSSR count). The fraction of sp³-hybridized carbons (Fsp3) is 0.263. The standard InChI is InChI=1S/C19H20N4O3S2/c1-10-6-5-7-15(12(10)3)20-16(24)9-27-19-23-22-18(28-19)21-17(25)14-8-11(2)26-13(14)4/h5-8H,9H2,1-4H3,(H,20,24)(H,21,22,25). The Hall–Kier alpha value is -2.65. The number of aryl methyl sites for hydroxylation is 3. The summed E-state index contributed by atoms with van der Waals surface area (Å²) in [6, 6.07) is 7.47. The third kappa shape index (κ3) is 4.79. The summed E-state index contributed by atoms with van der Waals surface area (Å²) in [5.41, 5.74) is 3.45. The van der Waals surface area contributed by atoms with E-state index in [9.17, 15) is 9.59 Å². The van der Waals surface area contributed by atoms with Crippen molar-refractivity contribution in [3.8, 4) is 0 Å². The van der Waals surface area contributed by atoms with Gasteiger partial charge < -0.3 is 9.73 Å². The van der Waals surface area contributed by atoms with Crippen molar-refractivity contribution in [3.63, 3.8) is 0 Å². The number of rotatable bonds is 6. The number of furan rings is 1. The molecule has 0 unspecified atom stereocenters. The summed E-state index contributed by atoms with van der Waals surface area (Å²) in [6.07, 6.45) is 0. The van der Waals surface area contributed by atoms with Crippen LogP contribution in [0.5, 0.6) is 0 Å². The second kappa shape index (κ2) is 8.57. The highest BCUT2D eigenvalue weighted by Gasteiger charge is 2.16. The molecule has 7 nitrogen and oxygen atoms in total. The molecule has 2 heterocycles. The number of carbonyl (C=O) groups excluding carboxylic acids is 2. The Morgan fingerprint density at radius 1 is 1.14 bits per heavy atom. The van der Waals surface area contributed by atoms with E-state index in [1.54, 1.807) is 19.9 Å². The van der Waals surface area contributed by atoms with Crippen molar-refractivity contribution in [1.82, 2.24) is 10.2 Å². The van der Waals surface area contributed by atoms with Crippen LogP contribution in [0, 0.1) is 27.7 Å². The van der Waals surface area contributed by atoms with Gasteiger partial charge in [-0.05, 0) is 51.0 Å². The van der Waals surface area contributed by atoms with Crippen LogP contribution in [-0.2, 0) is 4.79 Å². The first-order valence-electron chi connectivity index (χ1n) is 8.54. The number of hydrogen-bond donors (Lipinski definition) is 2. The monoisotopic (exact) mass is 416 g/mol. The summed E-state index contributed by atoms with van der Waals surface area (Å²) in [7, 11) is 0. The number of thioether (sulfide) groups is 1. The van der Waals surface area contributed by atoms with Crippen molar-refractivity contribution in [2.45, 2.75) is 32.0 Å². The van der Waals surface area contributed by atoms with Gasteiger partial charge in [0.25, 0.3) is 5.91 Å². The molecule has 0 fully saturated rings. The molecule has 9 heteroatoms. The van der Waals surface area contributed by atoms with Gasteiger partial charge in [-0.15, -0.1) is 10.2 Å². The van der Waals surface area contributed by atoms with Crippen LogP contribution in [-0.4, -0.2) is 27.8 Å². The Labute approximate surface area is 170 Å². The number of carbonyl (C=O) groups is 2. The molecule has 0 saturated carbocycles. The zero-order chi connectivity index (χ0) is 20.3. The lowest BCUT2D eigenvalue weighted by Crippen LogP contribution is -2.15. The number of hydrogen-bond acceptors (Lipinski definition) is 7. The minimum absolute atomic E-state index is 0.121. The van der Waals surface area contributed by atoms with E-state index in [0.29, 0.717) is 26.6 Å². The third-order valence-corrected chi connectivity index (χ3v) is 6.09. The maximum Gasteiger partial charge on any atom is 0.261 e. The van der Waals surface area contributed by atoms with Gasteiger partial charge in [0.2, 0.25) is 11.0 Å². The molecule has 0 aliphatic rings. The first-order chi connectivity index (χ1) is 13.3. The summed E-state index contributed by atoms with van der Waals surface area (Å²) in [6.45, 7) is 7.49. The number of nitrogens with zero attached hydrogens (tertiary/aromatic N) is 2. The molecule has 2 aromatic heterocycles. The molecule has 1 aromatic carbocycles. The van der Waals surface area contributed by atoms with E-state index >= 15 is 0 Å². The van der Waals surface area contributed by atoms with Crippen molar-refractivity contribution in [2.75, 3.05) is 16.4 Å². The Balaban J connectivity index is 1.54. The molecule has 2 amide bonds. The summed E-state index contributed by atoms with van der Waals surface area (Å²) >= 11 is 2.49. The summed E-state index contributed by atoms with van der Waals surface area (Å²) in [4.78, 5) is 24.5. The second-order valence-corrected chi connectivity index (χ2v) is 8.44. The van der Waals surface area contributed by atoms with Gasteiger partial charge in [-0.2, -0.15) is 0 Å². The molecular weight excluding hydrogens is 396 g/mol. The van der Waals surface area contributed by atoms with E-state index in [2.05, 4.69) is 20.8 Å². The molecule has 146 valence electrons. The Bertz CT molecular complexity index is 1030. The fourth-order valence-electron chi connectivity index (χ4n) is 2.54. The average molecular weight is 417 g/mol. The molecule has 2 N–H and O–H groups in total. The van der Waals surface area contributed by atoms with Gasteiger partial charge in [-0.3, -0.25) is 14.9 Å². The number of aromatic nitrogens is 2. The minimum Gasteiger partial charge on any atom is -0.466 e. The van der Waals surface area contributed by atoms with Crippen molar-refractivity contribution < 1.29 is 14.0 Å². The molecule has 3 aromatic rings. The van der Waals surface area contributed by atoms with Gasteiger partial charge in [0.15, 0.2) is 4.34 Å². The van der Waals surface area contributed by atoms with Crippen LogP contribution in [0.3, 0.4) is 0 Å². The molecule has 0 bridgehead atoms. The molecule has 0 aliphatic heterocycles. The number of anilines is 2. The zero-order valence-corrected chi connectivity index (χ0v) is 17.6. The molecule has 0 spiro atoms. The van der Waals surface area contributed by atoms with Crippen molar-refractivity contribution in [2.24, 2.45) is 0 Å². The molecule has 0 aliphatic carbocycles. The van der Waals surface area contributed by atoms with Gasteiger partial charge in [-0.25, -0.2) is 0 Å². The van der Waals surface area contributed by atoms with E-state index < -0.39 is 0 Å². The fourth-order valence-corrected chi connectivity index (χ4v) is 4.09. The van der Waals surface area contributed by atoms with Gasteiger partial charge in [0.1, 0.15) is 11.5 Å². The van der Waals surface area contributed by atoms with Crippen LogP contribution >= 0.6 is 23.1 Å². The maximum absolute atomic E-state index is 12.3. The van der Waals surface area contributed by atoms with Gasteiger partial charge >= 0.3 is 0 Å². The third-order valence-electron chi connectivity index (χ3n) is 4.12. The smallest absolute Gasteiger partial charge is 0.261 e. The van der Waals surface area contributed by atoms with Crippen LogP contribution in [0.15, 0.2) is 33.0 Å². The van der Waals surface area contributed by atoms with Crippen LogP contribution in [0.2, 0.25) is 0 Å². The highest BCUT2D eigenvalue weighted by Crippen LogP contribution is 2.27. The maximum atomic E-state index is 12.3. The first-order valence-corrected chi connectivity index (χ1v) is 10.3. The number of nitrogens with one attached hydrogen (secondary N) is 2. The Morgan fingerprint density at radius 2 is 1.93 bits per heavy atom. The predicted molar refractivity (Wildman–Crippen MR) is 111 cm³/mol. The van der Waals surface area contributed by atoms with Gasteiger partial charge in [0, 0.05) is 5.69 Å².